The highest BCUT2D eigenvalue weighted by atomic mass is 16.1. The fourth-order valence-electron chi connectivity index (χ4n) is 2.03. The molecule has 20 heavy (non-hydrogen) atoms. The lowest BCUT2D eigenvalue weighted by atomic mass is 10.0. The Bertz CT molecular complexity index is 457. The van der Waals surface area contributed by atoms with Gasteiger partial charge in [-0.15, -0.1) is 0 Å². The maximum absolute atomic E-state index is 11.9. The third-order valence-corrected chi connectivity index (χ3v) is 3.22. The summed E-state index contributed by atoms with van der Waals surface area (Å²) in [6.07, 6.45) is 0. The average Bonchev–Trinajstić information content (AvgIpc) is 2.36. The lowest BCUT2D eigenvalue weighted by molar-refractivity contribution is 0.0964. The van der Waals surface area contributed by atoms with Crippen molar-refractivity contribution >= 4 is 17.3 Å². The normalized spacial score (nSPS) is 12.6. The number of likely N-dealkylation sites (N-methyl/N-ethyl adjacent to an activating group) is 1. The summed E-state index contributed by atoms with van der Waals surface area (Å²) in [6.45, 7) is 5.21. The molecule has 0 fully saturated rings. The third kappa shape index (κ3) is 4.42. The van der Waals surface area contributed by atoms with Gasteiger partial charge in [0, 0.05) is 31.0 Å². The van der Waals surface area contributed by atoms with E-state index in [0.29, 0.717) is 17.2 Å². The molecule has 0 aliphatic heterocycles. The van der Waals surface area contributed by atoms with Crippen LogP contribution in [0.2, 0.25) is 0 Å². The Morgan fingerprint density at radius 1 is 1.35 bits per heavy atom. The van der Waals surface area contributed by atoms with Crippen LogP contribution < -0.4 is 16.4 Å². The molecule has 112 valence electrons. The van der Waals surface area contributed by atoms with Gasteiger partial charge in [0.1, 0.15) is 0 Å². The summed E-state index contributed by atoms with van der Waals surface area (Å²) in [6, 6.07) is 5.56. The van der Waals surface area contributed by atoms with E-state index in [-0.39, 0.29) is 11.9 Å². The monoisotopic (exact) mass is 278 g/mol. The molecule has 0 aromatic heterocycles. The Balaban J connectivity index is 3.04. The largest absolute Gasteiger partial charge is 0.399 e. The molecule has 1 aromatic rings. The van der Waals surface area contributed by atoms with Crippen LogP contribution in [-0.2, 0) is 0 Å². The number of hydrogen-bond acceptors (Lipinski definition) is 4. The van der Waals surface area contributed by atoms with Gasteiger partial charge < -0.3 is 21.3 Å². The number of nitrogens with one attached hydrogen (secondary N) is 2. The number of carbonyl (C=O) groups excluding carboxylic acids is 1. The number of rotatable bonds is 6. The van der Waals surface area contributed by atoms with Crippen molar-refractivity contribution in [3.63, 3.8) is 0 Å². The SMILES string of the molecule is CNC(=O)c1ccc(N)cc1NC(CN(C)C)C(C)C. The maximum Gasteiger partial charge on any atom is 0.253 e. The van der Waals surface area contributed by atoms with Crippen molar-refractivity contribution < 1.29 is 4.79 Å². The van der Waals surface area contributed by atoms with Crippen molar-refractivity contribution in [2.24, 2.45) is 5.92 Å². The minimum Gasteiger partial charge on any atom is -0.399 e. The lowest BCUT2D eigenvalue weighted by Crippen LogP contribution is -2.37. The van der Waals surface area contributed by atoms with Gasteiger partial charge in [-0.1, -0.05) is 13.8 Å². The van der Waals surface area contributed by atoms with E-state index >= 15 is 0 Å². The van der Waals surface area contributed by atoms with Gasteiger partial charge in [-0.2, -0.15) is 0 Å². The first kappa shape index (κ1) is 16.3. The fraction of sp³-hybridized carbons (Fsp3) is 0.533. The molecule has 1 unspecified atom stereocenters. The van der Waals surface area contributed by atoms with Crippen LogP contribution in [0.3, 0.4) is 0 Å². The predicted molar refractivity (Wildman–Crippen MR) is 85.0 cm³/mol. The highest BCUT2D eigenvalue weighted by Gasteiger charge is 2.18. The number of nitrogens with zero attached hydrogens (tertiary/aromatic N) is 1. The van der Waals surface area contributed by atoms with Crippen molar-refractivity contribution in [1.82, 2.24) is 10.2 Å². The zero-order valence-electron chi connectivity index (χ0n) is 13.0. The molecule has 5 nitrogen and oxygen atoms in total. The van der Waals surface area contributed by atoms with Gasteiger partial charge >= 0.3 is 0 Å². The number of anilines is 2. The van der Waals surface area contributed by atoms with Crippen LogP contribution >= 0.6 is 0 Å². The highest BCUT2D eigenvalue weighted by molar-refractivity contribution is 6.00. The highest BCUT2D eigenvalue weighted by Crippen LogP contribution is 2.22. The van der Waals surface area contributed by atoms with Crippen molar-refractivity contribution in [3.8, 4) is 0 Å². The number of nitrogen functional groups attached to an aromatic ring is 1. The molecule has 1 aromatic carbocycles. The summed E-state index contributed by atoms with van der Waals surface area (Å²) >= 11 is 0. The standard InChI is InChI=1S/C15H26N4O/c1-10(2)14(9-19(4)5)18-13-8-11(16)6-7-12(13)15(20)17-3/h6-8,10,14,18H,9,16H2,1-5H3,(H,17,20). The Hall–Kier alpha value is -1.75. The van der Waals surface area contributed by atoms with Crippen molar-refractivity contribution in [1.29, 1.82) is 0 Å². The van der Waals surface area contributed by atoms with Gasteiger partial charge in [-0.3, -0.25) is 4.79 Å². The minimum atomic E-state index is -0.111. The second-order valence-electron chi connectivity index (χ2n) is 5.64. The van der Waals surface area contributed by atoms with Crippen LogP contribution in [0.5, 0.6) is 0 Å². The Kier molecular flexibility index (Phi) is 5.82. The van der Waals surface area contributed by atoms with Gasteiger partial charge in [0.25, 0.3) is 5.91 Å². The summed E-state index contributed by atoms with van der Waals surface area (Å²) in [7, 11) is 5.70. The first-order valence-corrected chi connectivity index (χ1v) is 6.88. The topological polar surface area (TPSA) is 70.4 Å². The second-order valence-corrected chi connectivity index (χ2v) is 5.64. The zero-order valence-corrected chi connectivity index (χ0v) is 13.0. The molecule has 0 saturated heterocycles. The van der Waals surface area contributed by atoms with Crippen molar-refractivity contribution in [2.45, 2.75) is 19.9 Å². The van der Waals surface area contributed by atoms with E-state index in [1.165, 1.54) is 0 Å². The van der Waals surface area contributed by atoms with Gasteiger partial charge in [0.2, 0.25) is 0 Å². The number of hydrogen-bond donors (Lipinski definition) is 3. The summed E-state index contributed by atoms with van der Waals surface area (Å²) in [5.41, 5.74) is 7.88. The minimum absolute atomic E-state index is 0.111. The molecule has 5 heteroatoms. The molecule has 0 bridgehead atoms. The predicted octanol–water partition coefficient (Wildman–Crippen LogP) is 1.63. The van der Waals surface area contributed by atoms with Gasteiger partial charge in [0.05, 0.1) is 5.56 Å². The van der Waals surface area contributed by atoms with Gasteiger partial charge in [0.15, 0.2) is 0 Å². The molecule has 0 saturated carbocycles. The zero-order chi connectivity index (χ0) is 15.3. The summed E-state index contributed by atoms with van der Waals surface area (Å²) in [5.74, 6) is 0.330. The molecule has 0 heterocycles. The molecule has 4 N–H and O–H groups in total. The Morgan fingerprint density at radius 3 is 2.50 bits per heavy atom. The molecule has 1 atom stereocenters. The number of nitrogens with two attached hydrogens (primary N) is 1. The van der Waals surface area contributed by atoms with E-state index in [0.717, 1.165) is 12.2 Å². The van der Waals surface area contributed by atoms with E-state index in [1.54, 1.807) is 19.2 Å². The third-order valence-electron chi connectivity index (χ3n) is 3.22. The molecule has 0 radical (unpaired) electrons. The van der Waals surface area contributed by atoms with Crippen LogP contribution in [0.25, 0.3) is 0 Å². The van der Waals surface area contributed by atoms with Crippen LogP contribution in [-0.4, -0.2) is 44.5 Å². The van der Waals surface area contributed by atoms with Crippen LogP contribution in [0.1, 0.15) is 24.2 Å². The fourth-order valence-corrected chi connectivity index (χ4v) is 2.03. The van der Waals surface area contributed by atoms with E-state index in [2.05, 4.69) is 29.4 Å². The summed E-state index contributed by atoms with van der Waals surface area (Å²) in [5, 5.41) is 6.11. The summed E-state index contributed by atoms with van der Waals surface area (Å²) in [4.78, 5) is 14.0. The van der Waals surface area contributed by atoms with Crippen LogP contribution in [0, 0.1) is 5.92 Å². The first-order chi connectivity index (χ1) is 9.35. The van der Waals surface area contributed by atoms with E-state index < -0.39 is 0 Å². The van der Waals surface area contributed by atoms with E-state index in [9.17, 15) is 4.79 Å². The van der Waals surface area contributed by atoms with Crippen LogP contribution in [0.15, 0.2) is 18.2 Å². The molecule has 0 spiro atoms. The average molecular weight is 278 g/mol. The van der Waals surface area contributed by atoms with E-state index in [1.807, 2.05) is 20.2 Å². The first-order valence-electron chi connectivity index (χ1n) is 6.88. The Morgan fingerprint density at radius 2 is 2.00 bits per heavy atom. The summed E-state index contributed by atoms with van der Waals surface area (Å²) < 4.78 is 0. The molecule has 1 rings (SSSR count). The number of carbonyl (C=O) groups is 1. The maximum atomic E-state index is 11.9. The van der Waals surface area contributed by atoms with E-state index in [4.69, 9.17) is 5.73 Å². The van der Waals surface area contributed by atoms with Crippen LogP contribution in [0.4, 0.5) is 11.4 Å². The molecular weight excluding hydrogens is 252 g/mol. The lowest BCUT2D eigenvalue weighted by Gasteiger charge is -2.27. The second kappa shape index (κ2) is 7.14. The molecule has 1 amide bonds. The quantitative estimate of drug-likeness (QED) is 0.692. The Labute approximate surface area is 121 Å². The molecule has 0 aliphatic carbocycles. The number of benzene rings is 1. The smallest absolute Gasteiger partial charge is 0.253 e. The van der Waals surface area contributed by atoms with Gasteiger partial charge in [-0.05, 0) is 38.2 Å². The van der Waals surface area contributed by atoms with Crippen molar-refractivity contribution in [3.05, 3.63) is 23.8 Å². The number of amides is 1. The molecule has 0 aliphatic rings. The molecular formula is C15H26N4O. The van der Waals surface area contributed by atoms with Crippen molar-refractivity contribution in [2.75, 3.05) is 38.7 Å². The van der Waals surface area contributed by atoms with Gasteiger partial charge in [-0.25, -0.2) is 0 Å².